The lowest BCUT2D eigenvalue weighted by Crippen LogP contribution is -2.48. The van der Waals surface area contributed by atoms with Gasteiger partial charge in [-0.25, -0.2) is 13.2 Å². The van der Waals surface area contributed by atoms with Gasteiger partial charge < -0.3 is 20.7 Å². The maximum Gasteiger partial charge on any atom is 0.319 e. The van der Waals surface area contributed by atoms with Crippen LogP contribution in [0.5, 0.6) is 0 Å². The van der Waals surface area contributed by atoms with Crippen LogP contribution in [0.4, 0.5) is 16.2 Å². The first-order valence-corrected chi connectivity index (χ1v) is 9.64. The number of hydrogen-bond acceptors (Lipinski definition) is 5. The van der Waals surface area contributed by atoms with Gasteiger partial charge >= 0.3 is 6.03 Å². The van der Waals surface area contributed by atoms with Crippen molar-refractivity contribution in [3.8, 4) is 0 Å². The quantitative estimate of drug-likeness (QED) is 0.723. The maximum absolute atomic E-state index is 12.2. The number of carbonyl (C=O) groups excluding carboxylic acids is 2. The Balaban J connectivity index is 2.05. The standard InChI is InChI=1S/C16H23N3O5S/c1-11-12(17-14(20)9-24-3)5-4-6-13(11)18-15(21)19-16(2)7-8-25(22,23)10-16/h4-6H,7-10H2,1-3H3,(H,17,20)(H2,18,19,21)/t16-/m1/s1. The summed E-state index contributed by atoms with van der Waals surface area (Å²) in [5, 5.41) is 8.14. The predicted octanol–water partition coefficient (Wildman–Crippen LogP) is 1.28. The van der Waals surface area contributed by atoms with E-state index in [2.05, 4.69) is 16.0 Å². The van der Waals surface area contributed by atoms with Crippen molar-refractivity contribution in [2.45, 2.75) is 25.8 Å². The van der Waals surface area contributed by atoms with Gasteiger partial charge in [0.2, 0.25) is 5.91 Å². The highest BCUT2D eigenvalue weighted by Gasteiger charge is 2.39. The normalized spacial score (nSPS) is 21.6. The van der Waals surface area contributed by atoms with E-state index >= 15 is 0 Å². The number of anilines is 2. The van der Waals surface area contributed by atoms with Crippen molar-refractivity contribution in [1.29, 1.82) is 0 Å². The fourth-order valence-electron chi connectivity index (χ4n) is 2.76. The minimum absolute atomic E-state index is 0.0651. The molecule has 9 heteroatoms. The van der Waals surface area contributed by atoms with Crippen LogP contribution in [0.15, 0.2) is 18.2 Å². The number of sulfone groups is 1. The highest BCUT2D eigenvalue weighted by molar-refractivity contribution is 7.91. The first-order valence-electron chi connectivity index (χ1n) is 7.82. The van der Waals surface area contributed by atoms with Gasteiger partial charge in [0, 0.05) is 18.5 Å². The Bertz CT molecular complexity index is 778. The zero-order valence-corrected chi connectivity index (χ0v) is 15.3. The molecule has 1 heterocycles. The summed E-state index contributed by atoms with van der Waals surface area (Å²) in [5.41, 5.74) is 0.999. The Morgan fingerprint density at radius 1 is 1.24 bits per heavy atom. The van der Waals surface area contributed by atoms with Gasteiger partial charge in [0.1, 0.15) is 6.61 Å². The molecular weight excluding hydrogens is 346 g/mol. The third kappa shape index (κ3) is 5.17. The predicted molar refractivity (Wildman–Crippen MR) is 95.5 cm³/mol. The molecule has 1 aromatic carbocycles. The van der Waals surface area contributed by atoms with Crippen molar-refractivity contribution in [2.75, 3.05) is 35.9 Å². The Labute approximate surface area is 147 Å². The Kier molecular flexibility index (Phi) is 5.69. The van der Waals surface area contributed by atoms with Crippen molar-refractivity contribution in [1.82, 2.24) is 5.32 Å². The smallest absolute Gasteiger partial charge is 0.319 e. The van der Waals surface area contributed by atoms with Crippen LogP contribution < -0.4 is 16.0 Å². The van der Waals surface area contributed by atoms with Crippen LogP contribution in [0, 0.1) is 6.92 Å². The molecule has 3 amide bonds. The second kappa shape index (κ2) is 7.40. The SMILES string of the molecule is COCC(=O)Nc1cccc(NC(=O)N[C@]2(C)CCS(=O)(=O)C2)c1C. The van der Waals surface area contributed by atoms with Crippen molar-refractivity contribution < 1.29 is 22.7 Å². The molecule has 1 aromatic rings. The maximum atomic E-state index is 12.2. The molecule has 1 aliphatic heterocycles. The number of carbonyl (C=O) groups is 2. The van der Waals surface area contributed by atoms with Gasteiger partial charge in [-0.2, -0.15) is 0 Å². The fraction of sp³-hybridized carbons (Fsp3) is 0.500. The van der Waals surface area contributed by atoms with Gasteiger partial charge in [-0.1, -0.05) is 6.07 Å². The topological polar surface area (TPSA) is 114 Å². The second-order valence-corrected chi connectivity index (χ2v) is 8.63. The minimum Gasteiger partial charge on any atom is -0.375 e. The number of rotatable bonds is 5. The molecule has 0 unspecified atom stereocenters. The van der Waals surface area contributed by atoms with E-state index in [0.717, 1.165) is 0 Å². The van der Waals surface area contributed by atoms with Crippen molar-refractivity contribution in [3.05, 3.63) is 23.8 Å². The number of amides is 3. The number of methoxy groups -OCH3 is 1. The van der Waals surface area contributed by atoms with Crippen LogP contribution in [0.1, 0.15) is 18.9 Å². The molecule has 2 rings (SSSR count). The zero-order valence-electron chi connectivity index (χ0n) is 14.5. The molecule has 8 nitrogen and oxygen atoms in total. The molecule has 138 valence electrons. The monoisotopic (exact) mass is 369 g/mol. The number of hydrogen-bond donors (Lipinski definition) is 3. The van der Waals surface area contributed by atoms with Gasteiger partial charge in [-0.3, -0.25) is 4.79 Å². The molecular formula is C16H23N3O5S. The second-order valence-electron chi connectivity index (χ2n) is 6.44. The van der Waals surface area contributed by atoms with E-state index in [4.69, 9.17) is 4.74 Å². The van der Waals surface area contributed by atoms with Crippen LogP contribution in [0.25, 0.3) is 0 Å². The molecule has 0 saturated carbocycles. The Morgan fingerprint density at radius 3 is 2.44 bits per heavy atom. The van der Waals surface area contributed by atoms with E-state index in [-0.39, 0.29) is 24.0 Å². The highest BCUT2D eigenvalue weighted by Crippen LogP contribution is 2.25. The van der Waals surface area contributed by atoms with Crippen LogP contribution in [0.3, 0.4) is 0 Å². The fourth-order valence-corrected chi connectivity index (χ4v) is 4.85. The summed E-state index contributed by atoms with van der Waals surface area (Å²) in [7, 11) is -1.68. The van der Waals surface area contributed by atoms with Gasteiger partial charge in [0.05, 0.1) is 17.0 Å². The molecule has 1 saturated heterocycles. The summed E-state index contributed by atoms with van der Waals surface area (Å²) in [6, 6.07) is 4.64. The van der Waals surface area contributed by atoms with E-state index in [1.165, 1.54) is 7.11 Å². The number of nitrogens with one attached hydrogen (secondary N) is 3. The van der Waals surface area contributed by atoms with E-state index in [1.54, 1.807) is 32.0 Å². The third-order valence-electron chi connectivity index (χ3n) is 4.05. The van der Waals surface area contributed by atoms with Crippen molar-refractivity contribution in [3.63, 3.8) is 0 Å². The van der Waals surface area contributed by atoms with E-state index in [0.29, 0.717) is 23.4 Å². The summed E-state index contributed by atoms with van der Waals surface area (Å²) in [6.07, 6.45) is 0.384. The molecule has 3 N–H and O–H groups in total. The minimum atomic E-state index is -3.11. The van der Waals surface area contributed by atoms with Gasteiger partial charge in [-0.05, 0) is 38.0 Å². The molecule has 1 atom stereocenters. The summed E-state index contributed by atoms with van der Waals surface area (Å²) >= 11 is 0. The zero-order chi connectivity index (χ0) is 18.7. The average molecular weight is 369 g/mol. The number of ether oxygens (including phenoxy) is 1. The molecule has 0 aliphatic carbocycles. The molecule has 1 fully saturated rings. The molecule has 0 radical (unpaired) electrons. The summed E-state index contributed by atoms with van der Waals surface area (Å²) < 4.78 is 28.0. The average Bonchev–Trinajstić information content (AvgIpc) is 2.76. The van der Waals surface area contributed by atoms with Gasteiger partial charge in [0.25, 0.3) is 0 Å². The Hall–Kier alpha value is -2.13. The lowest BCUT2D eigenvalue weighted by Gasteiger charge is -2.24. The molecule has 0 bridgehead atoms. The molecule has 0 spiro atoms. The first-order chi connectivity index (χ1) is 11.6. The third-order valence-corrected chi connectivity index (χ3v) is 5.95. The van der Waals surface area contributed by atoms with E-state index in [9.17, 15) is 18.0 Å². The van der Waals surface area contributed by atoms with E-state index in [1.807, 2.05) is 0 Å². The van der Waals surface area contributed by atoms with Crippen molar-refractivity contribution >= 4 is 33.2 Å². The first kappa shape index (κ1) is 19.2. The summed E-state index contributed by atoms with van der Waals surface area (Å²) in [5.74, 6) is -0.292. The summed E-state index contributed by atoms with van der Waals surface area (Å²) in [4.78, 5) is 23.9. The van der Waals surface area contributed by atoms with E-state index < -0.39 is 21.4 Å². The largest absolute Gasteiger partial charge is 0.375 e. The summed E-state index contributed by atoms with van der Waals surface area (Å²) in [6.45, 7) is 3.41. The molecule has 0 aromatic heterocycles. The van der Waals surface area contributed by atoms with Crippen LogP contribution in [-0.2, 0) is 19.4 Å². The van der Waals surface area contributed by atoms with Gasteiger partial charge in [0.15, 0.2) is 9.84 Å². The van der Waals surface area contributed by atoms with Crippen LogP contribution >= 0.6 is 0 Å². The Morgan fingerprint density at radius 2 is 1.88 bits per heavy atom. The number of urea groups is 1. The van der Waals surface area contributed by atoms with Gasteiger partial charge in [-0.15, -0.1) is 0 Å². The lowest BCUT2D eigenvalue weighted by atomic mass is 10.0. The molecule has 1 aliphatic rings. The van der Waals surface area contributed by atoms with Crippen LogP contribution in [-0.4, -0.2) is 51.1 Å². The highest BCUT2D eigenvalue weighted by atomic mass is 32.2. The number of benzene rings is 1. The lowest BCUT2D eigenvalue weighted by molar-refractivity contribution is -0.119. The van der Waals surface area contributed by atoms with Crippen LogP contribution in [0.2, 0.25) is 0 Å². The molecule has 25 heavy (non-hydrogen) atoms. The van der Waals surface area contributed by atoms with Crippen molar-refractivity contribution in [2.24, 2.45) is 0 Å².